The van der Waals surface area contributed by atoms with Crippen LogP contribution in [-0.2, 0) is 4.65 Å². The summed E-state index contributed by atoms with van der Waals surface area (Å²) in [5, 5.41) is 0. The Bertz CT molecular complexity index is 172. The maximum absolute atomic E-state index is 5.61. The van der Waals surface area contributed by atoms with Crippen molar-refractivity contribution in [1.82, 2.24) is 0 Å². The molecule has 0 saturated carbocycles. The largest absolute Gasteiger partial charge is 0.438 e. The molecule has 100 valence electrons. The third-order valence-electron chi connectivity index (χ3n) is 4.32. The van der Waals surface area contributed by atoms with Crippen LogP contribution in [0.2, 0.25) is 12.1 Å². The molecule has 1 unspecified atom stereocenters. The first-order chi connectivity index (χ1) is 8.38. The molecule has 0 aromatic heterocycles. The van der Waals surface area contributed by atoms with Crippen molar-refractivity contribution in [3.8, 4) is 0 Å². The minimum Gasteiger partial charge on any atom is -0.438 e. The molecule has 1 fully saturated rings. The van der Waals surface area contributed by atoms with Gasteiger partial charge in [-0.15, -0.1) is 0 Å². The van der Waals surface area contributed by atoms with E-state index in [4.69, 9.17) is 4.65 Å². The molecule has 0 amide bonds. The predicted molar refractivity (Wildman–Crippen MR) is 77.8 cm³/mol. The molecule has 1 saturated heterocycles. The maximum atomic E-state index is 5.61. The van der Waals surface area contributed by atoms with E-state index in [9.17, 15) is 0 Å². The Labute approximate surface area is 109 Å². The van der Waals surface area contributed by atoms with Crippen molar-refractivity contribution in [3.63, 3.8) is 0 Å². The van der Waals surface area contributed by atoms with Crippen LogP contribution in [0.4, 0.5) is 0 Å². The highest BCUT2D eigenvalue weighted by atomic mass is 16.4. The molecule has 1 aliphatic heterocycles. The van der Waals surface area contributed by atoms with Crippen LogP contribution >= 0.6 is 0 Å². The third-order valence-corrected chi connectivity index (χ3v) is 4.32. The van der Waals surface area contributed by atoms with Crippen molar-refractivity contribution >= 4 is 6.92 Å². The lowest BCUT2D eigenvalue weighted by molar-refractivity contribution is 0.376. The second-order valence-electron chi connectivity index (χ2n) is 5.73. The highest BCUT2D eigenvalue weighted by Crippen LogP contribution is 2.33. The smallest absolute Gasteiger partial charge is 0.295 e. The van der Waals surface area contributed by atoms with Gasteiger partial charge in [-0.2, -0.15) is 0 Å². The molecule has 0 aromatic rings. The number of rotatable bonds is 9. The first kappa shape index (κ1) is 15.1. The van der Waals surface area contributed by atoms with Gasteiger partial charge in [0.05, 0.1) is 0 Å². The van der Waals surface area contributed by atoms with Gasteiger partial charge in [-0.1, -0.05) is 77.6 Å². The summed E-state index contributed by atoms with van der Waals surface area (Å²) in [5.41, 5.74) is 0. The lowest BCUT2D eigenvalue weighted by atomic mass is 9.47. The van der Waals surface area contributed by atoms with Gasteiger partial charge in [0, 0.05) is 7.11 Å². The zero-order valence-electron chi connectivity index (χ0n) is 12.0. The molecular weight excluding hydrogens is 207 g/mol. The Morgan fingerprint density at radius 1 is 1.00 bits per heavy atom. The Balaban J connectivity index is 1.97. The monoisotopic (exact) mass is 238 g/mol. The summed E-state index contributed by atoms with van der Waals surface area (Å²) >= 11 is 0. The second kappa shape index (κ2) is 9.99. The molecule has 0 spiro atoms. The fourth-order valence-electron chi connectivity index (χ4n) is 3.18. The summed E-state index contributed by atoms with van der Waals surface area (Å²) < 4.78 is 5.61. The number of hydrogen-bond acceptors (Lipinski definition) is 1. The Hall–Kier alpha value is 0.0249. The minimum atomic E-state index is 0.573. The molecule has 2 heteroatoms. The van der Waals surface area contributed by atoms with E-state index in [1.165, 1.54) is 76.9 Å². The molecule has 1 heterocycles. The van der Waals surface area contributed by atoms with Gasteiger partial charge in [-0.05, 0) is 12.1 Å². The highest BCUT2D eigenvalue weighted by molar-refractivity contribution is 6.53. The summed E-state index contributed by atoms with van der Waals surface area (Å²) in [6, 6.07) is 0. The molecule has 1 aliphatic rings. The summed E-state index contributed by atoms with van der Waals surface area (Å²) in [6.07, 6.45) is 16.9. The summed E-state index contributed by atoms with van der Waals surface area (Å²) in [6.45, 7) is 2.86. The molecule has 0 bridgehead atoms. The molecule has 17 heavy (non-hydrogen) atoms. The van der Waals surface area contributed by atoms with Gasteiger partial charge in [0.2, 0.25) is 0 Å². The SMILES string of the molecule is CCCCCCCCCC1CCCCB1OC. The maximum Gasteiger partial charge on any atom is 0.295 e. The minimum absolute atomic E-state index is 0.573. The lowest BCUT2D eigenvalue weighted by Gasteiger charge is -2.27. The fraction of sp³-hybridized carbons (Fsp3) is 1.00. The molecule has 0 aliphatic carbocycles. The van der Waals surface area contributed by atoms with E-state index >= 15 is 0 Å². The highest BCUT2D eigenvalue weighted by Gasteiger charge is 2.28. The lowest BCUT2D eigenvalue weighted by Crippen LogP contribution is -2.26. The van der Waals surface area contributed by atoms with Crippen LogP contribution in [-0.4, -0.2) is 14.0 Å². The van der Waals surface area contributed by atoms with Crippen molar-refractivity contribution in [1.29, 1.82) is 0 Å². The standard InChI is InChI=1S/C15H31BO/c1-3-4-5-6-7-8-9-12-15-13-10-11-14-16(15)17-2/h15H,3-14H2,1-2H3. The van der Waals surface area contributed by atoms with E-state index < -0.39 is 0 Å². The average molecular weight is 238 g/mol. The van der Waals surface area contributed by atoms with Crippen molar-refractivity contribution < 1.29 is 4.65 Å². The van der Waals surface area contributed by atoms with Gasteiger partial charge >= 0.3 is 0 Å². The second-order valence-corrected chi connectivity index (χ2v) is 5.73. The van der Waals surface area contributed by atoms with Crippen molar-refractivity contribution in [2.75, 3.05) is 7.11 Å². The molecule has 0 radical (unpaired) electrons. The topological polar surface area (TPSA) is 9.23 Å². The van der Waals surface area contributed by atoms with E-state index in [2.05, 4.69) is 6.92 Å². The van der Waals surface area contributed by atoms with Gasteiger partial charge in [-0.3, -0.25) is 0 Å². The van der Waals surface area contributed by atoms with Gasteiger partial charge < -0.3 is 4.65 Å². The summed E-state index contributed by atoms with van der Waals surface area (Å²) in [7, 11) is 1.90. The molecule has 1 nitrogen and oxygen atoms in total. The summed E-state index contributed by atoms with van der Waals surface area (Å²) in [5.74, 6) is 0.865. The van der Waals surface area contributed by atoms with E-state index in [0.717, 1.165) is 5.82 Å². The molecule has 1 rings (SSSR count). The van der Waals surface area contributed by atoms with Crippen LogP contribution in [0.25, 0.3) is 0 Å². The van der Waals surface area contributed by atoms with E-state index in [1.807, 2.05) is 7.11 Å². The van der Waals surface area contributed by atoms with Crippen molar-refractivity contribution in [2.24, 2.45) is 0 Å². The number of hydrogen-bond donors (Lipinski definition) is 0. The number of unbranched alkanes of at least 4 members (excludes halogenated alkanes) is 6. The fourth-order valence-corrected chi connectivity index (χ4v) is 3.18. The van der Waals surface area contributed by atoms with Gasteiger partial charge in [0.1, 0.15) is 0 Å². The van der Waals surface area contributed by atoms with Gasteiger partial charge in [0.15, 0.2) is 0 Å². The van der Waals surface area contributed by atoms with Crippen LogP contribution < -0.4 is 0 Å². The quantitative estimate of drug-likeness (QED) is 0.390. The van der Waals surface area contributed by atoms with Gasteiger partial charge in [0.25, 0.3) is 6.92 Å². The zero-order chi connectivity index (χ0) is 12.3. The van der Waals surface area contributed by atoms with Crippen LogP contribution in [0.3, 0.4) is 0 Å². The molecule has 0 N–H and O–H groups in total. The molecular formula is C15H31BO. The van der Waals surface area contributed by atoms with Gasteiger partial charge in [-0.25, -0.2) is 0 Å². The molecule has 1 atom stereocenters. The van der Waals surface area contributed by atoms with Crippen molar-refractivity contribution in [2.45, 2.75) is 89.7 Å². The normalized spacial score (nSPS) is 20.8. The first-order valence-corrected chi connectivity index (χ1v) is 7.91. The van der Waals surface area contributed by atoms with Crippen LogP contribution in [0, 0.1) is 0 Å². The van der Waals surface area contributed by atoms with E-state index in [0.29, 0.717) is 6.92 Å². The van der Waals surface area contributed by atoms with Crippen LogP contribution in [0.5, 0.6) is 0 Å². The zero-order valence-corrected chi connectivity index (χ0v) is 12.0. The predicted octanol–water partition coefficient (Wildman–Crippen LogP) is 5.32. The third kappa shape index (κ3) is 6.50. The first-order valence-electron chi connectivity index (χ1n) is 7.91. The Morgan fingerprint density at radius 2 is 1.71 bits per heavy atom. The Kier molecular flexibility index (Phi) is 8.87. The van der Waals surface area contributed by atoms with E-state index in [-0.39, 0.29) is 0 Å². The van der Waals surface area contributed by atoms with E-state index in [1.54, 1.807) is 0 Å². The average Bonchev–Trinajstić information content (AvgIpc) is 2.38. The Morgan fingerprint density at radius 3 is 2.41 bits per heavy atom. The van der Waals surface area contributed by atoms with Crippen molar-refractivity contribution in [3.05, 3.63) is 0 Å². The summed E-state index contributed by atoms with van der Waals surface area (Å²) in [4.78, 5) is 0. The molecule has 0 aromatic carbocycles. The van der Waals surface area contributed by atoms with Crippen LogP contribution in [0.1, 0.15) is 77.6 Å². The van der Waals surface area contributed by atoms with Crippen LogP contribution in [0.15, 0.2) is 0 Å².